The summed E-state index contributed by atoms with van der Waals surface area (Å²) in [4.78, 5) is 26.5. The van der Waals surface area contributed by atoms with Gasteiger partial charge in [0.1, 0.15) is 17.1 Å². The summed E-state index contributed by atoms with van der Waals surface area (Å²) in [5.41, 5.74) is 7.07. The van der Waals surface area contributed by atoms with Crippen molar-refractivity contribution in [3.8, 4) is 5.75 Å². The summed E-state index contributed by atoms with van der Waals surface area (Å²) in [6, 6.07) is 9.60. The molecule has 48 heavy (non-hydrogen) atoms. The highest BCUT2D eigenvalue weighted by atomic mass is 79.9. The van der Waals surface area contributed by atoms with Crippen LogP contribution in [0.1, 0.15) is 38.2 Å². The minimum atomic E-state index is 0.478. The number of hydrogen-bond donors (Lipinski definition) is 2. The number of anilines is 6. The number of nitrogens with zero attached hydrogens (tertiary/aromatic N) is 8. The van der Waals surface area contributed by atoms with Gasteiger partial charge in [-0.25, -0.2) is 4.98 Å². The monoisotopic (exact) mass is 732 g/mol. The fourth-order valence-electron chi connectivity index (χ4n) is 6.96. The molecule has 2 aromatic carbocycles. The number of rotatable bonds is 11. The Morgan fingerprint density at radius 1 is 0.958 bits per heavy atom. The molecule has 254 valence electrons. The van der Waals surface area contributed by atoms with Crippen LogP contribution in [0.15, 0.2) is 47.3 Å². The SMILES string of the molecule is CCc1cc(Nc2ncc(Br)c(Nc3ccc4nccnc4c3N(SC)C3CC3)n2)c(OC)cc1N1CCC(N2CCN(C)CC2)CC1. The van der Waals surface area contributed by atoms with E-state index in [2.05, 4.69) is 94.0 Å². The van der Waals surface area contributed by atoms with Crippen molar-refractivity contribution in [2.45, 2.75) is 51.1 Å². The Morgan fingerprint density at radius 2 is 1.73 bits per heavy atom. The van der Waals surface area contributed by atoms with Crippen molar-refractivity contribution in [2.75, 3.05) is 79.5 Å². The molecule has 2 saturated heterocycles. The Bertz CT molecular complexity index is 1740. The average Bonchev–Trinajstić information content (AvgIpc) is 3.96. The van der Waals surface area contributed by atoms with Gasteiger partial charge in [0.05, 0.1) is 34.2 Å². The highest BCUT2D eigenvalue weighted by Crippen LogP contribution is 2.44. The number of hydrogen-bond acceptors (Lipinski definition) is 12. The van der Waals surface area contributed by atoms with E-state index in [-0.39, 0.29) is 0 Å². The van der Waals surface area contributed by atoms with E-state index in [0.29, 0.717) is 23.8 Å². The number of likely N-dealkylation sites (N-methyl/N-ethyl adjacent to an activating group) is 1. The standard InChI is InChI=1S/C35H45BrN10OS/c1-5-23-20-29(31(47-3)21-30(23)45-14-10-24(11-15-45)44-18-16-43(2)17-19-44)41-35-39-22-26(36)34(42-35)40-28-9-8-27-32(38-13-12-37-27)33(28)46(48-4)25-6-7-25/h8-9,12-13,20-22,24-25H,5-7,10-11,14-19H2,1-4H3,(H2,39,40,41,42). The van der Waals surface area contributed by atoms with E-state index < -0.39 is 0 Å². The van der Waals surface area contributed by atoms with Gasteiger partial charge in [0.2, 0.25) is 5.95 Å². The number of aromatic nitrogens is 4. The summed E-state index contributed by atoms with van der Waals surface area (Å²) < 4.78 is 9.05. The number of nitrogens with one attached hydrogen (secondary N) is 2. The Kier molecular flexibility index (Phi) is 10.1. The highest BCUT2D eigenvalue weighted by molar-refractivity contribution is 9.10. The summed E-state index contributed by atoms with van der Waals surface area (Å²) in [5, 5.41) is 7.05. The normalized spacial score (nSPS) is 17.9. The molecule has 0 bridgehead atoms. The molecule has 13 heteroatoms. The molecular formula is C35H45BrN10OS. The molecule has 2 aromatic heterocycles. The van der Waals surface area contributed by atoms with Crippen LogP contribution in [0.4, 0.5) is 34.5 Å². The molecule has 3 fully saturated rings. The molecule has 1 aliphatic carbocycles. The number of piperidine rings is 1. The molecule has 1 saturated carbocycles. The zero-order valence-corrected chi connectivity index (χ0v) is 30.6. The van der Waals surface area contributed by atoms with Crippen LogP contribution in [0.2, 0.25) is 0 Å². The Morgan fingerprint density at radius 3 is 2.44 bits per heavy atom. The van der Waals surface area contributed by atoms with Crippen LogP contribution >= 0.6 is 27.9 Å². The maximum Gasteiger partial charge on any atom is 0.229 e. The van der Waals surface area contributed by atoms with E-state index >= 15 is 0 Å². The molecule has 0 spiro atoms. The number of benzene rings is 2. The molecule has 3 aliphatic rings. The minimum absolute atomic E-state index is 0.478. The highest BCUT2D eigenvalue weighted by Gasteiger charge is 2.32. The van der Waals surface area contributed by atoms with Gasteiger partial charge in [-0.3, -0.25) is 14.9 Å². The lowest BCUT2D eigenvalue weighted by Crippen LogP contribution is -2.52. The second-order valence-corrected chi connectivity index (χ2v) is 14.5. The van der Waals surface area contributed by atoms with Crippen LogP contribution in [-0.2, 0) is 6.42 Å². The molecule has 0 amide bonds. The third-order valence-corrected chi connectivity index (χ3v) is 11.2. The third kappa shape index (κ3) is 7.01. The topological polar surface area (TPSA) is 97.8 Å². The summed E-state index contributed by atoms with van der Waals surface area (Å²) in [6.07, 6.45) is 13.0. The maximum atomic E-state index is 5.94. The summed E-state index contributed by atoms with van der Waals surface area (Å²) in [5.74, 6) is 1.91. The van der Waals surface area contributed by atoms with Gasteiger partial charge >= 0.3 is 0 Å². The molecule has 11 nitrogen and oxygen atoms in total. The fourth-order valence-corrected chi connectivity index (χ4v) is 8.12. The zero-order valence-electron chi connectivity index (χ0n) is 28.2. The first-order valence-electron chi connectivity index (χ1n) is 17.0. The van der Waals surface area contributed by atoms with E-state index in [4.69, 9.17) is 14.7 Å². The van der Waals surface area contributed by atoms with Crippen molar-refractivity contribution in [1.29, 1.82) is 0 Å². The van der Waals surface area contributed by atoms with Gasteiger partial charge in [-0.05, 0) is 78.8 Å². The zero-order chi connectivity index (χ0) is 33.2. The summed E-state index contributed by atoms with van der Waals surface area (Å²) >= 11 is 5.40. The van der Waals surface area contributed by atoms with Crippen LogP contribution in [-0.4, -0.2) is 102 Å². The minimum Gasteiger partial charge on any atom is -0.494 e. The number of piperazine rings is 1. The molecular weight excluding hydrogens is 688 g/mol. The largest absolute Gasteiger partial charge is 0.494 e. The van der Waals surface area contributed by atoms with Crippen molar-refractivity contribution in [1.82, 2.24) is 29.7 Å². The lowest BCUT2D eigenvalue weighted by atomic mass is 9.99. The Balaban J connectivity index is 1.12. The van der Waals surface area contributed by atoms with Crippen LogP contribution in [0.5, 0.6) is 5.75 Å². The van der Waals surface area contributed by atoms with Gasteiger partial charge in [0.25, 0.3) is 0 Å². The number of halogens is 1. The van der Waals surface area contributed by atoms with Crippen LogP contribution in [0, 0.1) is 0 Å². The van der Waals surface area contributed by atoms with E-state index in [0.717, 1.165) is 70.7 Å². The van der Waals surface area contributed by atoms with Crippen LogP contribution in [0.3, 0.4) is 0 Å². The van der Waals surface area contributed by atoms with Crippen LogP contribution in [0.25, 0.3) is 11.0 Å². The predicted octanol–water partition coefficient (Wildman–Crippen LogP) is 6.70. The second kappa shape index (κ2) is 14.6. The van der Waals surface area contributed by atoms with E-state index in [1.165, 1.54) is 50.3 Å². The maximum absolute atomic E-state index is 5.94. The Hall–Kier alpha value is -3.39. The van der Waals surface area contributed by atoms with E-state index in [9.17, 15) is 0 Å². The molecule has 0 atom stereocenters. The van der Waals surface area contributed by atoms with Crippen molar-refractivity contribution in [2.24, 2.45) is 0 Å². The molecule has 2 N–H and O–H groups in total. The third-order valence-electron chi connectivity index (χ3n) is 9.79. The number of aryl methyl sites for hydroxylation is 1. The fraction of sp³-hybridized carbons (Fsp3) is 0.486. The van der Waals surface area contributed by atoms with Gasteiger partial charge in [0, 0.05) is 88.0 Å². The first-order valence-corrected chi connectivity index (χ1v) is 18.9. The first kappa shape index (κ1) is 33.1. The summed E-state index contributed by atoms with van der Waals surface area (Å²) in [7, 11) is 3.95. The molecule has 4 heterocycles. The van der Waals surface area contributed by atoms with Gasteiger partial charge in [0.15, 0.2) is 0 Å². The molecule has 7 rings (SSSR count). The average molecular weight is 734 g/mol. The number of fused-ring (bicyclic) bond motifs is 1. The lowest BCUT2D eigenvalue weighted by molar-refractivity contribution is 0.0982. The van der Waals surface area contributed by atoms with Gasteiger partial charge < -0.3 is 29.5 Å². The van der Waals surface area contributed by atoms with Crippen molar-refractivity contribution in [3.63, 3.8) is 0 Å². The van der Waals surface area contributed by atoms with E-state index in [1.54, 1.807) is 37.6 Å². The van der Waals surface area contributed by atoms with Gasteiger partial charge in [-0.2, -0.15) is 4.98 Å². The molecule has 0 unspecified atom stereocenters. The first-order chi connectivity index (χ1) is 23.4. The van der Waals surface area contributed by atoms with Gasteiger partial charge in [-0.15, -0.1) is 0 Å². The smallest absolute Gasteiger partial charge is 0.229 e. The second-order valence-electron chi connectivity index (χ2n) is 12.9. The van der Waals surface area contributed by atoms with Crippen LogP contribution < -0.4 is 24.6 Å². The molecule has 4 aromatic rings. The van der Waals surface area contributed by atoms with Crippen molar-refractivity contribution >= 4 is 73.4 Å². The van der Waals surface area contributed by atoms with Gasteiger partial charge in [-0.1, -0.05) is 18.9 Å². The predicted molar refractivity (Wildman–Crippen MR) is 202 cm³/mol. The Labute approximate surface area is 296 Å². The molecule has 2 aliphatic heterocycles. The van der Waals surface area contributed by atoms with E-state index in [1.807, 2.05) is 6.07 Å². The van der Waals surface area contributed by atoms with Crippen molar-refractivity contribution in [3.05, 3.63) is 52.9 Å². The summed E-state index contributed by atoms with van der Waals surface area (Å²) in [6.45, 7) is 9.03. The molecule has 0 radical (unpaired) electrons. The van der Waals surface area contributed by atoms with Crippen molar-refractivity contribution < 1.29 is 4.74 Å². The number of methoxy groups -OCH3 is 1. The number of ether oxygens (including phenoxy) is 1. The lowest BCUT2D eigenvalue weighted by Gasteiger charge is -2.43. The quantitative estimate of drug-likeness (QED) is 0.161.